The van der Waals surface area contributed by atoms with Gasteiger partial charge in [0.05, 0.1) is 0 Å². The van der Waals surface area contributed by atoms with Crippen molar-refractivity contribution >= 4 is 13.3 Å². The number of rotatable bonds is 1. The first-order chi connectivity index (χ1) is 4.33. The van der Waals surface area contributed by atoms with Gasteiger partial charge in [0, 0.05) is 0 Å². The molecule has 0 atom stereocenters. The standard InChI is InChI=1S/C7H8B/c1-6-2-4-7(8)5-3-6/h2-5,8H,1H3/i8D. The quantitative estimate of drug-likeness (QED) is 0.455. The van der Waals surface area contributed by atoms with Crippen LogP contribution in [0.1, 0.15) is 5.56 Å². The highest BCUT2D eigenvalue weighted by molar-refractivity contribution is 6.32. The molecule has 0 aromatic heterocycles. The fraction of sp³-hybridized carbons (Fsp3) is 0.143. The molecule has 1 aromatic rings. The van der Waals surface area contributed by atoms with E-state index in [2.05, 4.69) is 0 Å². The molecule has 1 aromatic carbocycles. The van der Waals surface area contributed by atoms with Crippen molar-refractivity contribution in [3.63, 3.8) is 0 Å². The molecule has 0 aliphatic rings. The molecule has 0 N–H and O–H groups in total. The first-order valence-electron chi connectivity index (χ1n) is 3.19. The van der Waals surface area contributed by atoms with Gasteiger partial charge in [0.15, 0.2) is 0 Å². The summed E-state index contributed by atoms with van der Waals surface area (Å²) in [4.78, 5) is 0. The fourth-order valence-corrected chi connectivity index (χ4v) is 0.566. The Kier molecular flexibility index (Phi) is 1.07. The lowest BCUT2D eigenvalue weighted by Gasteiger charge is -1.90. The maximum atomic E-state index is 6.89. The molecule has 0 aliphatic carbocycles. The monoisotopic (exact) mass is 104 g/mol. The van der Waals surface area contributed by atoms with Gasteiger partial charge in [0.1, 0.15) is 7.81 Å². The van der Waals surface area contributed by atoms with Gasteiger partial charge >= 0.3 is 0 Å². The molecule has 0 unspecified atom stereocenters. The van der Waals surface area contributed by atoms with Gasteiger partial charge in [-0.1, -0.05) is 35.3 Å². The van der Waals surface area contributed by atoms with Gasteiger partial charge in [-0.15, -0.1) is 0 Å². The van der Waals surface area contributed by atoms with E-state index in [1.807, 2.05) is 31.2 Å². The minimum Gasteiger partial charge on any atom is -0.0925 e. The van der Waals surface area contributed by atoms with Crippen molar-refractivity contribution in [2.45, 2.75) is 6.92 Å². The fourth-order valence-electron chi connectivity index (χ4n) is 0.566. The molecule has 0 fully saturated rings. The van der Waals surface area contributed by atoms with E-state index in [0.717, 1.165) is 5.46 Å². The second-order valence-electron chi connectivity index (χ2n) is 1.91. The zero-order valence-corrected chi connectivity index (χ0v) is 4.89. The third kappa shape index (κ3) is 1.13. The van der Waals surface area contributed by atoms with Crippen molar-refractivity contribution < 1.29 is 0 Å². The van der Waals surface area contributed by atoms with Crippen LogP contribution in [0.15, 0.2) is 24.3 Å². The second-order valence-corrected chi connectivity index (χ2v) is 1.91. The van der Waals surface area contributed by atoms with Crippen LogP contribution in [0.3, 0.4) is 0 Å². The van der Waals surface area contributed by atoms with Crippen molar-refractivity contribution in [3.8, 4) is 0 Å². The number of aryl methyl sites for hydroxylation is 1. The Bertz CT molecular complexity index is 181. The molecule has 1 heteroatoms. The SMILES string of the molecule is [2H][B]c1ccc(C)cc1. The molecular formula is C7H8B. The van der Waals surface area contributed by atoms with Gasteiger partial charge in [0.2, 0.25) is 0 Å². The summed E-state index contributed by atoms with van der Waals surface area (Å²) >= 11 is 0. The van der Waals surface area contributed by atoms with Crippen molar-refractivity contribution in [1.29, 1.82) is 1.34 Å². The Labute approximate surface area is 52.3 Å². The van der Waals surface area contributed by atoms with E-state index in [4.69, 9.17) is 1.34 Å². The zero-order chi connectivity index (χ0) is 6.69. The predicted molar refractivity (Wildman–Crippen MR) is 38.0 cm³/mol. The smallest absolute Gasteiger partial charge is 0.0925 e. The molecule has 1 rings (SSSR count). The van der Waals surface area contributed by atoms with Gasteiger partial charge in [0.25, 0.3) is 0 Å². The van der Waals surface area contributed by atoms with Crippen LogP contribution in [-0.4, -0.2) is 9.15 Å². The molecule has 0 heterocycles. The summed E-state index contributed by atoms with van der Waals surface area (Å²) in [6.45, 7) is 2.04. The van der Waals surface area contributed by atoms with Crippen molar-refractivity contribution in [2.75, 3.05) is 0 Å². The largest absolute Gasteiger partial charge is 0.129 e. The summed E-state index contributed by atoms with van der Waals surface area (Å²) in [5.41, 5.74) is 2.20. The lowest BCUT2D eigenvalue weighted by Crippen LogP contribution is -1.98. The molecular weight excluding hydrogens is 94.9 g/mol. The Morgan fingerprint density at radius 2 is 2.00 bits per heavy atom. The highest BCUT2D eigenvalue weighted by atomic mass is 13.8. The summed E-state index contributed by atoms with van der Waals surface area (Å²) < 4.78 is 6.89. The minimum atomic E-state index is 0.959. The molecule has 1 radical (unpaired) electrons. The molecule has 39 valence electrons. The van der Waals surface area contributed by atoms with Crippen LogP contribution in [0.4, 0.5) is 0 Å². The Hall–Kier alpha value is -0.715. The second kappa shape index (κ2) is 2.04. The highest BCUT2D eigenvalue weighted by Crippen LogP contribution is 1.90. The summed E-state index contributed by atoms with van der Waals surface area (Å²) in [7, 11) is 1.35. The summed E-state index contributed by atoms with van der Waals surface area (Å²) in [6.07, 6.45) is 0. The van der Waals surface area contributed by atoms with E-state index < -0.39 is 0 Å². The third-order valence-electron chi connectivity index (χ3n) is 1.08. The Balaban J connectivity index is 2.88. The Morgan fingerprint density at radius 3 is 2.50 bits per heavy atom. The lowest BCUT2D eigenvalue weighted by molar-refractivity contribution is 1.49. The summed E-state index contributed by atoms with van der Waals surface area (Å²) in [5, 5.41) is 0. The maximum absolute atomic E-state index is 6.89. The van der Waals surface area contributed by atoms with Crippen LogP contribution < -0.4 is 5.46 Å². The highest BCUT2D eigenvalue weighted by Gasteiger charge is 1.79. The van der Waals surface area contributed by atoms with Gasteiger partial charge < -0.3 is 0 Å². The van der Waals surface area contributed by atoms with Crippen LogP contribution in [0, 0.1) is 6.92 Å². The summed E-state index contributed by atoms with van der Waals surface area (Å²) in [6, 6.07) is 7.87. The molecule has 8 heavy (non-hydrogen) atoms. The van der Waals surface area contributed by atoms with Gasteiger partial charge in [-0.25, -0.2) is 0 Å². The van der Waals surface area contributed by atoms with E-state index in [9.17, 15) is 0 Å². The van der Waals surface area contributed by atoms with E-state index in [0.29, 0.717) is 0 Å². The first kappa shape index (κ1) is 4.19. The molecule has 0 nitrogen and oxygen atoms in total. The molecule has 0 spiro atoms. The van der Waals surface area contributed by atoms with E-state index in [-0.39, 0.29) is 0 Å². The average molecular weight is 104 g/mol. The van der Waals surface area contributed by atoms with E-state index >= 15 is 0 Å². The molecule has 0 saturated carbocycles. The van der Waals surface area contributed by atoms with E-state index in [1.54, 1.807) is 0 Å². The van der Waals surface area contributed by atoms with Gasteiger partial charge in [-0.2, -0.15) is 0 Å². The van der Waals surface area contributed by atoms with Crippen molar-refractivity contribution in [2.24, 2.45) is 0 Å². The van der Waals surface area contributed by atoms with E-state index in [1.165, 1.54) is 13.4 Å². The molecule has 0 aliphatic heterocycles. The van der Waals surface area contributed by atoms with Gasteiger partial charge in [-0.05, 0) is 8.26 Å². The number of benzene rings is 1. The molecule has 0 amide bonds. The topological polar surface area (TPSA) is 0 Å². The van der Waals surface area contributed by atoms with Crippen LogP contribution in [0.2, 0.25) is 0 Å². The first-order valence-corrected chi connectivity index (χ1v) is 2.61. The number of hydrogen-bond acceptors (Lipinski definition) is 0. The van der Waals surface area contributed by atoms with Crippen molar-refractivity contribution in [1.82, 2.24) is 0 Å². The third-order valence-corrected chi connectivity index (χ3v) is 1.08. The maximum Gasteiger partial charge on any atom is 0.129 e. The minimum absolute atomic E-state index is 0.959. The van der Waals surface area contributed by atoms with Crippen LogP contribution >= 0.6 is 0 Å². The molecule has 0 bridgehead atoms. The summed E-state index contributed by atoms with van der Waals surface area (Å²) in [5.74, 6) is 0. The normalized spacial score (nSPS) is 10.4. The van der Waals surface area contributed by atoms with Crippen LogP contribution in [-0.2, 0) is 0 Å². The predicted octanol–water partition coefficient (Wildman–Crippen LogP) is 0.521. The number of hydrogen-bond donors (Lipinski definition) is 0. The average Bonchev–Trinajstić information content (AvgIpc) is 1.90. The zero-order valence-electron chi connectivity index (χ0n) is 5.89. The van der Waals surface area contributed by atoms with Crippen molar-refractivity contribution in [3.05, 3.63) is 29.8 Å². The Morgan fingerprint density at radius 1 is 1.38 bits per heavy atom. The molecule has 0 saturated heterocycles. The van der Waals surface area contributed by atoms with Gasteiger partial charge in [-0.3, -0.25) is 0 Å². The van der Waals surface area contributed by atoms with Crippen LogP contribution in [0.25, 0.3) is 0 Å². The lowest BCUT2D eigenvalue weighted by atomic mass is 9.96. The van der Waals surface area contributed by atoms with Crippen LogP contribution in [0.5, 0.6) is 0 Å².